The summed E-state index contributed by atoms with van der Waals surface area (Å²) in [5.74, 6) is 5.14. The van der Waals surface area contributed by atoms with E-state index in [1.807, 2.05) is 24.3 Å². The zero-order valence-corrected chi connectivity index (χ0v) is 10.8. The van der Waals surface area contributed by atoms with Crippen LogP contribution in [0.5, 0.6) is 0 Å². The Bertz CT molecular complexity index is 587. The average Bonchev–Trinajstić information content (AvgIpc) is 3.08. The van der Waals surface area contributed by atoms with Crippen LogP contribution in [0.4, 0.5) is 0 Å². The molecule has 0 radical (unpaired) electrons. The maximum Gasteiger partial charge on any atom is 0.113 e. The van der Waals surface area contributed by atoms with Gasteiger partial charge >= 0.3 is 0 Å². The third-order valence-corrected chi connectivity index (χ3v) is 3.40. The lowest BCUT2D eigenvalue weighted by Crippen LogP contribution is -2.22. The van der Waals surface area contributed by atoms with E-state index >= 15 is 0 Å². The number of aliphatic hydroxyl groups excluding tert-OH is 1. The van der Waals surface area contributed by atoms with Gasteiger partial charge in [-0.05, 0) is 5.56 Å². The Hall–Kier alpha value is -1.80. The molecule has 0 saturated carbocycles. The maximum absolute atomic E-state index is 9.81. The molecule has 2 atom stereocenters. The quantitative estimate of drug-likeness (QED) is 0.778. The largest absolute Gasteiger partial charge is 0.388 e. The molecule has 0 unspecified atom stereocenters. The lowest BCUT2D eigenvalue weighted by atomic mass is 10.1. The first-order valence-corrected chi connectivity index (χ1v) is 6.37. The first-order chi connectivity index (χ1) is 9.79. The van der Waals surface area contributed by atoms with Gasteiger partial charge in [-0.15, -0.1) is 5.10 Å². The van der Waals surface area contributed by atoms with E-state index in [1.165, 1.54) is 0 Å². The molecule has 2 aromatic rings. The van der Waals surface area contributed by atoms with Crippen molar-refractivity contribution in [3.8, 4) is 11.3 Å². The van der Waals surface area contributed by atoms with Crippen molar-refractivity contribution in [3.63, 3.8) is 0 Å². The molecule has 2 heterocycles. The number of nitrogens with zero attached hydrogens (tertiary/aromatic N) is 3. The van der Waals surface area contributed by atoms with E-state index in [4.69, 9.17) is 15.5 Å². The van der Waals surface area contributed by atoms with Crippen LogP contribution in [0.2, 0.25) is 0 Å². The monoisotopic (exact) mass is 276 g/mol. The Morgan fingerprint density at radius 1 is 1.40 bits per heavy atom. The summed E-state index contributed by atoms with van der Waals surface area (Å²) < 4.78 is 6.87. The molecule has 3 rings (SSSR count). The number of benzene rings is 1. The highest BCUT2D eigenvalue weighted by molar-refractivity contribution is 5.62. The third kappa shape index (κ3) is 2.44. The summed E-state index contributed by atoms with van der Waals surface area (Å²) in [5.41, 5.74) is 2.57. The molecule has 3 N–H and O–H groups in total. The fourth-order valence-corrected chi connectivity index (χ4v) is 2.33. The van der Waals surface area contributed by atoms with E-state index in [0.717, 1.165) is 16.8 Å². The Kier molecular flexibility index (Phi) is 3.75. The van der Waals surface area contributed by atoms with Crippen molar-refractivity contribution in [3.05, 3.63) is 36.0 Å². The SMILES string of the molecule is NOCc1ccccc1-c1cn([C@@H]2COC[C@H]2O)nn1. The van der Waals surface area contributed by atoms with E-state index in [1.54, 1.807) is 10.9 Å². The van der Waals surface area contributed by atoms with Crippen LogP contribution in [0, 0.1) is 0 Å². The number of rotatable bonds is 4. The molecule has 0 bridgehead atoms. The molecule has 0 spiro atoms. The van der Waals surface area contributed by atoms with Crippen molar-refractivity contribution in [1.82, 2.24) is 15.0 Å². The first-order valence-electron chi connectivity index (χ1n) is 6.37. The van der Waals surface area contributed by atoms with E-state index < -0.39 is 6.10 Å². The van der Waals surface area contributed by atoms with Gasteiger partial charge in [-0.25, -0.2) is 10.6 Å². The highest BCUT2D eigenvalue weighted by atomic mass is 16.6. The van der Waals surface area contributed by atoms with Crippen molar-refractivity contribution in [2.45, 2.75) is 18.8 Å². The summed E-state index contributed by atoms with van der Waals surface area (Å²) in [4.78, 5) is 4.70. The van der Waals surface area contributed by atoms with Crippen LogP contribution in [0.3, 0.4) is 0 Å². The summed E-state index contributed by atoms with van der Waals surface area (Å²) in [6.45, 7) is 1.08. The summed E-state index contributed by atoms with van der Waals surface area (Å²) >= 11 is 0. The number of hydrogen-bond acceptors (Lipinski definition) is 6. The number of ether oxygens (including phenoxy) is 1. The zero-order valence-electron chi connectivity index (χ0n) is 10.8. The van der Waals surface area contributed by atoms with Crippen LogP contribution in [0.1, 0.15) is 11.6 Å². The molecular weight excluding hydrogens is 260 g/mol. The van der Waals surface area contributed by atoms with Crippen molar-refractivity contribution < 1.29 is 14.7 Å². The standard InChI is InChI=1S/C13H16N4O3/c14-20-6-9-3-1-2-4-10(9)11-5-17(16-15-11)12-7-19-8-13(12)18/h1-5,12-13,18H,6-8,14H2/t12-,13-/m1/s1. The highest BCUT2D eigenvalue weighted by Crippen LogP contribution is 2.24. The number of aromatic nitrogens is 3. The lowest BCUT2D eigenvalue weighted by molar-refractivity contribution is 0.117. The van der Waals surface area contributed by atoms with Gasteiger partial charge in [0, 0.05) is 5.56 Å². The zero-order chi connectivity index (χ0) is 13.9. The van der Waals surface area contributed by atoms with Crippen molar-refractivity contribution in [1.29, 1.82) is 0 Å². The van der Waals surface area contributed by atoms with Crippen LogP contribution in [0.25, 0.3) is 11.3 Å². The van der Waals surface area contributed by atoms with Gasteiger partial charge in [0.1, 0.15) is 17.8 Å². The smallest absolute Gasteiger partial charge is 0.113 e. The molecule has 7 nitrogen and oxygen atoms in total. The van der Waals surface area contributed by atoms with Crippen molar-refractivity contribution in [2.24, 2.45) is 5.90 Å². The minimum atomic E-state index is -0.549. The molecule has 1 saturated heterocycles. The molecule has 7 heteroatoms. The van der Waals surface area contributed by atoms with Crippen LogP contribution >= 0.6 is 0 Å². The molecule has 20 heavy (non-hydrogen) atoms. The van der Waals surface area contributed by atoms with Gasteiger partial charge < -0.3 is 9.84 Å². The first kappa shape index (κ1) is 13.2. The van der Waals surface area contributed by atoms with Crippen LogP contribution in [-0.4, -0.2) is 39.4 Å². The number of nitrogens with two attached hydrogens (primary N) is 1. The fraction of sp³-hybridized carbons (Fsp3) is 0.385. The molecule has 106 valence electrons. The summed E-state index contributed by atoms with van der Waals surface area (Å²) in [6, 6.07) is 7.51. The van der Waals surface area contributed by atoms with Gasteiger partial charge in [0.15, 0.2) is 0 Å². The topological polar surface area (TPSA) is 95.4 Å². The fourth-order valence-electron chi connectivity index (χ4n) is 2.33. The van der Waals surface area contributed by atoms with Gasteiger partial charge in [0.05, 0.1) is 26.0 Å². The van der Waals surface area contributed by atoms with Gasteiger partial charge in [-0.3, -0.25) is 4.84 Å². The third-order valence-electron chi connectivity index (χ3n) is 3.40. The minimum absolute atomic E-state index is 0.186. The van der Waals surface area contributed by atoms with Crippen LogP contribution in [0.15, 0.2) is 30.5 Å². The van der Waals surface area contributed by atoms with Crippen LogP contribution in [-0.2, 0) is 16.2 Å². The average molecular weight is 276 g/mol. The molecule has 1 aromatic carbocycles. The minimum Gasteiger partial charge on any atom is -0.388 e. The molecule has 0 amide bonds. The second-order valence-corrected chi connectivity index (χ2v) is 4.72. The number of aliphatic hydroxyl groups is 1. The maximum atomic E-state index is 9.81. The van der Waals surface area contributed by atoms with Gasteiger partial charge in [-0.1, -0.05) is 29.5 Å². The van der Waals surface area contributed by atoms with E-state index in [9.17, 15) is 5.11 Å². The molecule has 1 aromatic heterocycles. The molecular formula is C13H16N4O3. The van der Waals surface area contributed by atoms with Crippen LogP contribution < -0.4 is 5.90 Å². The molecule has 1 fully saturated rings. The van der Waals surface area contributed by atoms with Gasteiger partial charge in [0.2, 0.25) is 0 Å². The highest BCUT2D eigenvalue weighted by Gasteiger charge is 2.29. The van der Waals surface area contributed by atoms with E-state index in [-0.39, 0.29) is 6.04 Å². The summed E-state index contributed by atoms with van der Waals surface area (Å²) in [5, 5.41) is 18.1. The summed E-state index contributed by atoms with van der Waals surface area (Å²) in [7, 11) is 0. The van der Waals surface area contributed by atoms with Crippen molar-refractivity contribution >= 4 is 0 Å². The predicted octanol–water partition coefficient (Wildman–Crippen LogP) is 0.268. The number of hydrogen-bond donors (Lipinski definition) is 2. The second kappa shape index (κ2) is 5.68. The Balaban J connectivity index is 1.90. The summed E-state index contributed by atoms with van der Waals surface area (Å²) in [6.07, 6.45) is 1.25. The lowest BCUT2D eigenvalue weighted by Gasteiger charge is -2.11. The van der Waals surface area contributed by atoms with E-state index in [0.29, 0.717) is 19.8 Å². The van der Waals surface area contributed by atoms with Gasteiger partial charge in [-0.2, -0.15) is 0 Å². The Morgan fingerprint density at radius 2 is 2.25 bits per heavy atom. The van der Waals surface area contributed by atoms with Gasteiger partial charge in [0.25, 0.3) is 0 Å². The molecule has 0 aliphatic carbocycles. The Morgan fingerprint density at radius 3 is 3.00 bits per heavy atom. The second-order valence-electron chi connectivity index (χ2n) is 4.72. The Labute approximate surface area is 115 Å². The molecule has 1 aliphatic heterocycles. The van der Waals surface area contributed by atoms with Crippen molar-refractivity contribution in [2.75, 3.05) is 13.2 Å². The molecule has 1 aliphatic rings. The predicted molar refractivity (Wildman–Crippen MR) is 70.3 cm³/mol. The van der Waals surface area contributed by atoms with E-state index in [2.05, 4.69) is 10.3 Å². The normalized spacial score (nSPS) is 22.3.